The summed E-state index contributed by atoms with van der Waals surface area (Å²) in [6.07, 6.45) is 3.67. The van der Waals surface area contributed by atoms with Crippen molar-refractivity contribution in [1.82, 2.24) is 0 Å². The van der Waals surface area contributed by atoms with E-state index in [0.717, 1.165) is 12.7 Å². The van der Waals surface area contributed by atoms with Crippen LogP contribution in [0.15, 0.2) is 42.7 Å². The standard InChI is InChI=1S/C11H10OS/c12-7-3-5-10-8-9-4-1-2-6-11(9)13-10/h1-4,6-8,12H,5H2. The van der Waals surface area contributed by atoms with Crippen LogP contribution in [0.1, 0.15) is 4.88 Å². The smallest absolute Gasteiger partial charge is 0.0755 e. The molecule has 1 aromatic carbocycles. The van der Waals surface area contributed by atoms with Crippen molar-refractivity contribution in [2.75, 3.05) is 0 Å². The fourth-order valence-electron chi connectivity index (χ4n) is 1.31. The fraction of sp³-hybridized carbons (Fsp3) is 0.0909. The zero-order chi connectivity index (χ0) is 9.10. The van der Waals surface area contributed by atoms with E-state index in [-0.39, 0.29) is 0 Å². The molecule has 0 aliphatic rings. The number of allylic oxidation sites excluding steroid dienone is 1. The molecule has 2 aromatic rings. The predicted molar refractivity (Wildman–Crippen MR) is 57.3 cm³/mol. The van der Waals surface area contributed by atoms with Gasteiger partial charge in [-0.05, 0) is 23.6 Å². The van der Waals surface area contributed by atoms with E-state index < -0.39 is 0 Å². The number of thiophene rings is 1. The minimum Gasteiger partial charge on any atom is -0.516 e. The first-order chi connectivity index (χ1) is 6.40. The van der Waals surface area contributed by atoms with Crippen LogP contribution in [0.25, 0.3) is 10.1 Å². The first-order valence-electron chi connectivity index (χ1n) is 4.17. The average Bonchev–Trinajstić information content (AvgIpc) is 2.57. The molecule has 0 aliphatic carbocycles. The molecule has 1 N–H and O–H groups in total. The Morgan fingerprint density at radius 2 is 2.15 bits per heavy atom. The molecular formula is C11H10OS. The predicted octanol–water partition coefficient (Wildman–Crippen LogP) is 3.52. The van der Waals surface area contributed by atoms with Crippen molar-refractivity contribution in [3.8, 4) is 0 Å². The Hall–Kier alpha value is -1.28. The molecular weight excluding hydrogens is 180 g/mol. The Balaban J connectivity index is 2.38. The second-order valence-corrected chi connectivity index (χ2v) is 4.01. The largest absolute Gasteiger partial charge is 0.516 e. The van der Waals surface area contributed by atoms with Gasteiger partial charge in [-0.25, -0.2) is 0 Å². The number of rotatable bonds is 2. The van der Waals surface area contributed by atoms with Crippen molar-refractivity contribution < 1.29 is 5.11 Å². The van der Waals surface area contributed by atoms with Crippen LogP contribution in [0.3, 0.4) is 0 Å². The average molecular weight is 190 g/mol. The number of hydrogen-bond donors (Lipinski definition) is 1. The third-order valence-electron chi connectivity index (χ3n) is 1.90. The van der Waals surface area contributed by atoms with Crippen molar-refractivity contribution in [1.29, 1.82) is 0 Å². The molecule has 0 aliphatic heterocycles. The summed E-state index contributed by atoms with van der Waals surface area (Å²) in [5.74, 6) is 0. The van der Waals surface area contributed by atoms with Gasteiger partial charge in [0.1, 0.15) is 0 Å². The summed E-state index contributed by atoms with van der Waals surface area (Å²) in [5, 5.41) is 9.81. The highest BCUT2D eigenvalue weighted by Crippen LogP contribution is 2.25. The minimum absolute atomic E-state index is 0.815. The summed E-state index contributed by atoms with van der Waals surface area (Å²) < 4.78 is 1.31. The van der Waals surface area contributed by atoms with Crippen molar-refractivity contribution in [3.05, 3.63) is 47.5 Å². The maximum absolute atomic E-state index is 8.53. The Bertz CT molecular complexity index is 395. The molecule has 2 rings (SSSR count). The molecule has 0 bridgehead atoms. The third kappa shape index (κ3) is 1.73. The van der Waals surface area contributed by atoms with Gasteiger partial charge in [0.05, 0.1) is 6.26 Å². The van der Waals surface area contributed by atoms with E-state index in [9.17, 15) is 0 Å². The maximum Gasteiger partial charge on any atom is 0.0755 e. The molecule has 0 unspecified atom stereocenters. The van der Waals surface area contributed by atoms with Crippen molar-refractivity contribution in [3.63, 3.8) is 0 Å². The molecule has 0 saturated heterocycles. The number of fused-ring (bicyclic) bond motifs is 1. The molecule has 0 amide bonds. The van der Waals surface area contributed by atoms with Crippen LogP contribution in [-0.2, 0) is 6.42 Å². The van der Waals surface area contributed by atoms with Gasteiger partial charge in [0.25, 0.3) is 0 Å². The number of hydrogen-bond acceptors (Lipinski definition) is 2. The maximum atomic E-state index is 8.53. The van der Waals surface area contributed by atoms with Crippen LogP contribution < -0.4 is 0 Å². The first-order valence-corrected chi connectivity index (χ1v) is 4.98. The Labute approximate surface area is 81.0 Å². The van der Waals surface area contributed by atoms with Gasteiger partial charge in [-0.2, -0.15) is 0 Å². The molecule has 0 atom stereocenters. The fourth-order valence-corrected chi connectivity index (χ4v) is 2.35. The van der Waals surface area contributed by atoms with E-state index in [0.29, 0.717) is 0 Å². The molecule has 1 nitrogen and oxygen atoms in total. The molecule has 0 radical (unpaired) electrons. The normalized spacial score (nSPS) is 11.4. The summed E-state index contributed by atoms with van der Waals surface area (Å²) in [7, 11) is 0. The molecule has 0 fully saturated rings. The van der Waals surface area contributed by atoms with Crippen LogP contribution in [0.4, 0.5) is 0 Å². The van der Waals surface area contributed by atoms with E-state index in [2.05, 4.69) is 18.2 Å². The molecule has 66 valence electrons. The van der Waals surface area contributed by atoms with E-state index in [4.69, 9.17) is 5.11 Å². The van der Waals surface area contributed by atoms with Gasteiger partial charge in [-0.3, -0.25) is 0 Å². The lowest BCUT2D eigenvalue weighted by molar-refractivity contribution is 0.471. The zero-order valence-corrected chi connectivity index (χ0v) is 7.92. The molecule has 2 heteroatoms. The van der Waals surface area contributed by atoms with Gasteiger partial charge >= 0.3 is 0 Å². The molecule has 0 spiro atoms. The highest BCUT2D eigenvalue weighted by molar-refractivity contribution is 7.19. The molecule has 1 aromatic heterocycles. The van der Waals surface area contributed by atoms with Gasteiger partial charge in [0.2, 0.25) is 0 Å². The quantitative estimate of drug-likeness (QED) is 0.718. The first kappa shape index (κ1) is 8.32. The molecule has 13 heavy (non-hydrogen) atoms. The summed E-state index contributed by atoms with van der Waals surface area (Å²) in [6, 6.07) is 10.5. The topological polar surface area (TPSA) is 20.2 Å². The van der Waals surface area contributed by atoms with Crippen molar-refractivity contribution in [2.45, 2.75) is 6.42 Å². The Morgan fingerprint density at radius 3 is 2.92 bits per heavy atom. The summed E-state index contributed by atoms with van der Waals surface area (Å²) in [4.78, 5) is 1.28. The number of aliphatic hydroxyl groups is 1. The number of benzene rings is 1. The second-order valence-electron chi connectivity index (χ2n) is 2.84. The van der Waals surface area contributed by atoms with Gasteiger partial charge in [0.15, 0.2) is 0 Å². The Morgan fingerprint density at radius 1 is 1.31 bits per heavy atom. The minimum atomic E-state index is 0.815. The van der Waals surface area contributed by atoms with Crippen LogP contribution in [-0.4, -0.2) is 5.11 Å². The summed E-state index contributed by atoms with van der Waals surface area (Å²) >= 11 is 1.77. The monoisotopic (exact) mass is 190 g/mol. The van der Waals surface area contributed by atoms with Crippen LogP contribution in [0.2, 0.25) is 0 Å². The summed E-state index contributed by atoms with van der Waals surface area (Å²) in [6.45, 7) is 0. The highest BCUT2D eigenvalue weighted by atomic mass is 32.1. The molecule has 1 heterocycles. The lowest BCUT2D eigenvalue weighted by atomic mass is 10.2. The van der Waals surface area contributed by atoms with Crippen molar-refractivity contribution >= 4 is 21.4 Å². The van der Waals surface area contributed by atoms with E-state index in [1.807, 2.05) is 12.1 Å². The zero-order valence-electron chi connectivity index (χ0n) is 7.10. The second kappa shape index (κ2) is 3.62. The van der Waals surface area contributed by atoms with Crippen LogP contribution >= 0.6 is 11.3 Å². The lowest BCUT2D eigenvalue weighted by Gasteiger charge is -1.83. The Kier molecular flexibility index (Phi) is 2.32. The van der Waals surface area contributed by atoms with Crippen LogP contribution in [0.5, 0.6) is 0 Å². The SMILES string of the molecule is OC=CCc1cc2ccccc2s1. The van der Waals surface area contributed by atoms with E-state index >= 15 is 0 Å². The van der Waals surface area contributed by atoms with Gasteiger partial charge < -0.3 is 5.11 Å². The summed E-state index contributed by atoms with van der Waals surface area (Å²) in [5.41, 5.74) is 0. The molecule has 0 saturated carbocycles. The van der Waals surface area contributed by atoms with E-state index in [1.165, 1.54) is 15.0 Å². The third-order valence-corrected chi connectivity index (χ3v) is 3.04. The lowest BCUT2D eigenvalue weighted by Crippen LogP contribution is -1.69. The van der Waals surface area contributed by atoms with Gasteiger partial charge in [0, 0.05) is 16.0 Å². The van der Waals surface area contributed by atoms with E-state index in [1.54, 1.807) is 17.4 Å². The number of aliphatic hydroxyl groups excluding tert-OH is 1. The van der Waals surface area contributed by atoms with Crippen molar-refractivity contribution in [2.24, 2.45) is 0 Å². The van der Waals surface area contributed by atoms with Gasteiger partial charge in [-0.1, -0.05) is 18.2 Å². The van der Waals surface area contributed by atoms with Crippen LogP contribution in [0, 0.1) is 0 Å². The van der Waals surface area contributed by atoms with Gasteiger partial charge in [-0.15, -0.1) is 11.3 Å². The highest BCUT2D eigenvalue weighted by Gasteiger charge is 1.98.